The monoisotopic (exact) mass is 328 g/mol. The minimum atomic E-state index is -0.512. The van der Waals surface area contributed by atoms with Gasteiger partial charge in [-0.1, -0.05) is 18.2 Å². The molecule has 0 amide bonds. The maximum absolute atomic E-state index is 10.8. The van der Waals surface area contributed by atoms with Crippen molar-refractivity contribution in [2.24, 2.45) is 0 Å². The van der Waals surface area contributed by atoms with E-state index in [2.05, 4.69) is 33.7 Å². The molecule has 1 aromatic carbocycles. The highest BCUT2D eigenvalue weighted by molar-refractivity contribution is 5.37. The van der Waals surface area contributed by atoms with Crippen LogP contribution in [0.1, 0.15) is 22.9 Å². The zero-order valence-electron chi connectivity index (χ0n) is 14.2. The molecule has 4 rings (SSSR count). The summed E-state index contributed by atoms with van der Waals surface area (Å²) < 4.78 is 7.99. The zero-order valence-corrected chi connectivity index (χ0v) is 14.2. The Labute approximate surface area is 142 Å². The standard InChI is InChI=1S/C18H24N4O2/c1-20(2)10-13-9-19-22-8-7-21(11-15(13)22)16-12-24-17-6-4-3-5-14(17)18(16)23/h3-6,9,16,18,23H,7-8,10-12H2,1-2H3/t16?,18-/m0/s1. The summed E-state index contributed by atoms with van der Waals surface area (Å²) >= 11 is 0. The van der Waals surface area contributed by atoms with Crippen molar-refractivity contribution in [1.82, 2.24) is 19.6 Å². The van der Waals surface area contributed by atoms with Crippen LogP contribution in [0, 0.1) is 0 Å². The summed E-state index contributed by atoms with van der Waals surface area (Å²) in [6, 6.07) is 7.76. The van der Waals surface area contributed by atoms with Gasteiger partial charge in [0.1, 0.15) is 18.5 Å². The molecule has 0 spiro atoms. The molecule has 0 fully saturated rings. The molecule has 2 aliphatic heterocycles. The summed E-state index contributed by atoms with van der Waals surface area (Å²) in [5.41, 5.74) is 3.40. The van der Waals surface area contributed by atoms with E-state index in [1.54, 1.807) is 0 Å². The third-order valence-electron chi connectivity index (χ3n) is 4.95. The first-order valence-electron chi connectivity index (χ1n) is 8.45. The molecule has 3 heterocycles. The predicted octanol–water partition coefficient (Wildman–Crippen LogP) is 1.25. The van der Waals surface area contributed by atoms with E-state index in [0.717, 1.165) is 37.5 Å². The molecule has 0 bridgehead atoms. The molecular formula is C18H24N4O2. The number of hydrogen-bond acceptors (Lipinski definition) is 5. The van der Waals surface area contributed by atoms with Crippen molar-refractivity contribution in [3.63, 3.8) is 0 Å². The first-order valence-corrected chi connectivity index (χ1v) is 8.45. The first-order chi connectivity index (χ1) is 11.6. The largest absolute Gasteiger partial charge is 0.491 e. The van der Waals surface area contributed by atoms with E-state index in [4.69, 9.17) is 4.74 Å². The topological polar surface area (TPSA) is 53.8 Å². The van der Waals surface area contributed by atoms with E-state index in [1.165, 1.54) is 11.3 Å². The number of nitrogens with zero attached hydrogens (tertiary/aromatic N) is 4. The molecule has 1 N–H and O–H groups in total. The fourth-order valence-electron chi connectivity index (χ4n) is 3.71. The van der Waals surface area contributed by atoms with Gasteiger partial charge in [-0.3, -0.25) is 9.58 Å². The SMILES string of the molecule is CN(C)Cc1cnn2c1CN(C1COc3ccccc3[C@@H]1O)CC2. The Morgan fingerprint density at radius 1 is 1.29 bits per heavy atom. The Kier molecular flexibility index (Phi) is 4.04. The number of para-hydroxylation sites is 1. The second-order valence-electron chi connectivity index (χ2n) is 6.91. The molecule has 128 valence electrons. The van der Waals surface area contributed by atoms with Gasteiger partial charge in [0.05, 0.1) is 24.5 Å². The fourth-order valence-corrected chi connectivity index (χ4v) is 3.71. The summed E-state index contributed by atoms with van der Waals surface area (Å²) in [6.07, 6.45) is 1.46. The van der Waals surface area contributed by atoms with E-state index in [9.17, 15) is 5.11 Å². The lowest BCUT2D eigenvalue weighted by molar-refractivity contribution is -0.00933. The summed E-state index contributed by atoms with van der Waals surface area (Å²) in [4.78, 5) is 4.49. The van der Waals surface area contributed by atoms with Gasteiger partial charge in [0.25, 0.3) is 0 Å². The molecule has 2 aliphatic rings. The Hall–Kier alpha value is -1.89. The number of rotatable bonds is 3. The third kappa shape index (κ3) is 2.70. The number of fused-ring (bicyclic) bond motifs is 2. The maximum Gasteiger partial charge on any atom is 0.125 e. The van der Waals surface area contributed by atoms with Gasteiger partial charge in [0, 0.05) is 30.8 Å². The van der Waals surface area contributed by atoms with Crippen molar-refractivity contribution >= 4 is 0 Å². The number of aliphatic hydroxyl groups excluding tert-OH is 1. The number of aliphatic hydroxyl groups is 1. The molecule has 0 saturated heterocycles. The molecule has 6 heteroatoms. The van der Waals surface area contributed by atoms with Crippen LogP contribution in [0.25, 0.3) is 0 Å². The second kappa shape index (κ2) is 6.20. The van der Waals surface area contributed by atoms with Crippen molar-refractivity contribution < 1.29 is 9.84 Å². The lowest BCUT2D eigenvalue weighted by Crippen LogP contribution is -2.49. The van der Waals surface area contributed by atoms with Gasteiger partial charge in [0.2, 0.25) is 0 Å². The summed E-state index contributed by atoms with van der Waals surface area (Å²) in [6.45, 7) is 3.94. The van der Waals surface area contributed by atoms with Gasteiger partial charge in [-0.05, 0) is 20.2 Å². The van der Waals surface area contributed by atoms with Crippen molar-refractivity contribution in [3.05, 3.63) is 47.3 Å². The van der Waals surface area contributed by atoms with E-state index >= 15 is 0 Å². The molecule has 1 aromatic heterocycles. The van der Waals surface area contributed by atoms with E-state index in [-0.39, 0.29) is 6.04 Å². The third-order valence-corrected chi connectivity index (χ3v) is 4.95. The van der Waals surface area contributed by atoms with Gasteiger partial charge in [-0.15, -0.1) is 0 Å². The molecular weight excluding hydrogens is 304 g/mol. The molecule has 24 heavy (non-hydrogen) atoms. The Bertz CT molecular complexity index is 728. The summed E-state index contributed by atoms with van der Waals surface area (Å²) in [5, 5.41) is 15.3. The zero-order chi connectivity index (χ0) is 16.7. The van der Waals surface area contributed by atoms with Crippen LogP contribution in [0.3, 0.4) is 0 Å². The van der Waals surface area contributed by atoms with E-state index in [0.29, 0.717) is 6.61 Å². The highest BCUT2D eigenvalue weighted by atomic mass is 16.5. The van der Waals surface area contributed by atoms with Crippen LogP contribution in [0.2, 0.25) is 0 Å². The van der Waals surface area contributed by atoms with Crippen LogP contribution < -0.4 is 4.74 Å². The van der Waals surface area contributed by atoms with Gasteiger partial charge in [-0.2, -0.15) is 5.10 Å². The Morgan fingerprint density at radius 2 is 2.12 bits per heavy atom. The Balaban J connectivity index is 1.56. The highest BCUT2D eigenvalue weighted by Gasteiger charge is 2.35. The van der Waals surface area contributed by atoms with Crippen molar-refractivity contribution in [3.8, 4) is 5.75 Å². The van der Waals surface area contributed by atoms with Gasteiger partial charge in [-0.25, -0.2) is 0 Å². The van der Waals surface area contributed by atoms with Crippen molar-refractivity contribution in [2.45, 2.75) is 31.8 Å². The Morgan fingerprint density at radius 3 is 2.96 bits per heavy atom. The number of hydrogen-bond donors (Lipinski definition) is 1. The van der Waals surface area contributed by atoms with Crippen LogP contribution in [-0.4, -0.2) is 58.0 Å². The minimum absolute atomic E-state index is 0.0178. The molecule has 0 aliphatic carbocycles. The average Bonchev–Trinajstić information content (AvgIpc) is 2.97. The van der Waals surface area contributed by atoms with Crippen LogP contribution in [0.15, 0.2) is 30.5 Å². The molecule has 1 unspecified atom stereocenters. The second-order valence-corrected chi connectivity index (χ2v) is 6.91. The maximum atomic E-state index is 10.8. The number of ether oxygens (including phenoxy) is 1. The van der Waals surface area contributed by atoms with Gasteiger partial charge in [0.15, 0.2) is 0 Å². The number of benzene rings is 1. The van der Waals surface area contributed by atoms with Crippen LogP contribution in [0.5, 0.6) is 5.75 Å². The highest BCUT2D eigenvalue weighted by Crippen LogP contribution is 2.35. The molecule has 0 radical (unpaired) electrons. The molecule has 0 saturated carbocycles. The van der Waals surface area contributed by atoms with Crippen LogP contribution >= 0.6 is 0 Å². The minimum Gasteiger partial charge on any atom is -0.491 e. The number of aromatic nitrogens is 2. The molecule has 6 nitrogen and oxygen atoms in total. The van der Waals surface area contributed by atoms with Crippen molar-refractivity contribution in [2.75, 3.05) is 27.2 Å². The summed E-state index contributed by atoms with van der Waals surface area (Å²) in [5.74, 6) is 0.802. The first kappa shape index (κ1) is 15.6. The lowest BCUT2D eigenvalue weighted by Gasteiger charge is -2.40. The fraction of sp³-hybridized carbons (Fsp3) is 0.500. The average molecular weight is 328 g/mol. The van der Waals surface area contributed by atoms with E-state index in [1.807, 2.05) is 30.5 Å². The lowest BCUT2D eigenvalue weighted by atomic mass is 9.97. The molecule has 2 atom stereocenters. The van der Waals surface area contributed by atoms with Gasteiger partial charge < -0.3 is 14.7 Å². The van der Waals surface area contributed by atoms with Crippen LogP contribution in [-0.2, 0) is 19.6 Å². The summed E-state index contributed by atoms with van der Waals surface area (Å²) in [7, 11) is 4.14. The van der Waals surface area contributed by atoms with E-state index < -0.39 is 6.10 Å². The van der Waals surface area contributed by atoms with Crippen molar-refractivity contribution in [1.29, 1.82) is 0 Å². The smallest absolute Gasteiger partial charge is 0.125 e. The van der Waals surface area contributed by atoms with Crippen LogP contribution in [0.4, 0.5) is 0 Å². The quantitative estimate of drug-likeness (QED) is 0.919. The molecule has 2 aromatic rings. The van der Waals surface area contributed by atoms with Gasteiger partial charge >= 0.3 is 0 Å². The predicted molar refractivity (Wildman–Crippen MR) is 90.7 cm³/mol. The normalized spacial score (nSPS) is 23.7.